The smallest absolute Gasteiger partial charge is 0.248 e. The highest BCUT2D eigenvalue weighted by atomic mass is 35.5. The molecule has 0 saturated heterocycles. The molecule has 2 aromatic carbocycles. The van der Waals surface area contributed by atoms with Crippen LogP contribution in [0.25, 0.3) is 6.08 Å². The standard InChI is InChI=1S/C15H11Cl2NO2/c16-13-6-1-3-10(15(13)17)7-8-14(20)18-11-4-2-5-12(19)9-11/h1-9,19H,(H,18,20)/b8-7+. The summed E-state index contributed by atoms with van der Waals surface area (Å²) in [7, 11) is 0. The highest BCUT2D eigenvalue weighted by Gasteiger charge is 2.02. The van der Waals surface area contributed by atoms with Gasteiger partial charge in [0.05, 0.1) is 10.0 Å². The Labute approximate surface area is 126 Å². The molecule has 1 amide bonds. The zero-order chi connectivity index (χ0) is 14.5. The third-order valence-electron chi connectivity index (χ3n) is 2.51. The van der Waals surface area contributed by atoms with Gasteiger partial charge in [-0.15, -0.1) is 0 Å². The quantitative estimate of drug-likeness (QED) is 0.828. The van der Waals surface area contributed by atoms with Crippen molar-refractivity contribution in [3.63, 3.8) is 0 Å². The highest BCUT2D eigenvalue weighted by molar-refractivity contribution is 6.42. The van der Waals surface area contributed by atoms with Gasteiger partial charge < -0.3 is 10.4 Å². The van der Waals surface area contributed by atoms with Crippen molar-refractivity contribution < 1.29 is 9.90 Å². The van der Waals surface area contributed by atoms with Gasteiger partial charge in [-0.1, -0.05) is 41.4 Å². The molecule has 20 heavy (non-hydrogen) atoms. The molecule has 0 heterocycles. The number of hydrogen-bond acceptors (Lipinski definition) is 2. The Morgan fingerprint density at radius 1 is 1.15 bits per heavy atom. The number of rotatable bonds is 3. The van der Waals surface area contributed by atoms with Crippen LogP contribution >= 0.6 is 23.2 Å². The predicted molar refractivity (Wildman–Crippen MR) is 82.2 cm³/mol. The van der Waals surface area contributed by atoms with E-state index in [4.69, 9.17) is 23.2 Å². The molecule has 0 aliphatic carbocycles. The first kappa shape index (κ1) is 14.4. The summed E-state index contributed by atoms with van der Waals surface area (Å²) in [4.78, 5) is 11.7. The molecule has 0 atom stereocenters. The Morgan fingerprint density at radius 3 is 2.65 bits per heavy atom. The fraction of sp³-hybridized carbons (Fsp3) is 0. The molecule has 0 aliphatic rings. The Kier molecular flexibility index (Phi) is 4.66. The van der Waals surface area contributed by atoms with E-state index in [9.17, 15) is 9.90 Å². The van der Waals surface area contributed by atoms with Crippen molar-refractivity contribution in [1.29, 1.82) is 0 Å². The van der Waals surface area contributed by atoms with E-state index in [1.54, 1.807) is 36.4 Å². The van der Waals surface area contributed by atoms with E-state index in [0.29, 0.717) is 21.3 Å². The maximum Gasteiger partial charge on any atom is 0.248 e. The third kappa shape index (κ3) is 3.76. The van der Waals surface area contributed by atoms with Crippen LogP contribution in [0.1, 0.15) is 5.56 Å². The second-order valence-corrected chi connectivity index (χ2v) is 4.80. The number of phenols is 1. The van der Waals surface area contributed by atoms with Gasteiger partial charge in [-0.3, -0.25) is 4.79 Å². The fourth-order valence-electron chi connectivity index (χ4n) is 1.58. The molecule has 0 bridgehead atoms. The van der Waals surface area contributed by atoms with Crippen LogP contribution < -0.4 is 5.32 Å². The number of hydrogen-bond donors (Lipinski definition) is 2. The van der Waals surface area contributed by atoms with Gasteiger partial charge >= 0.3 is 0 Å². The molecule has 3 nitrogen and oxygen atoms in total. The van der Waals surface area contributed by atoms with Crippen LogP contribution in [0.2, 0.25) is 10.0 Å². The molecule has 2 N–H and O–H groups in total. The third-order valence-corrected chi connectivity index (χ3v) is 3.34. The van der Waals surface area contributed by atoms with Crippen molar-refractivity contribution in [2.75, 3.05) is 5.32 Å². The monoisotopic (exact) mass is 307 g/mol. The maximum atomic E-state index is 11.7. The van der Waals surface area contributed by atoms with Crippen LogP contribution in [0.5, 0.6) is 5.75 Å². The minimum atomic E-state index is -0.327. The van der Waals surface area contributed by atoms with Crippen LogP contribution in [0, 0.1) is 0 Å². The molecule has 0 spiro atoms. The lowest BCUT2D eigenvalue weighted by molar-refractivity contribution is -0.111. The van der Waals surface area contributed by atoms with Crippen molar-refractivity contribution in [2.24, 2.45) is 0 Å². The summed E-state index contributed by atoms with van der Waals surface area (Å²) in [6.45, 7) is 0. The first-order chi connectivity index (χ1) is 9.56. The van der Waals surface area contributed by atoms with Crippen molar-refractivity contribution in [2.45, 2.75) is 0 Å². The second kappa shape index (κ2) is 6.46. The lowest BCUT2D eigenvalue weighted by atomic mass is 10.2. The molecule has 2 aromatic rings. The van der Waals surface area contributed by atoms with Crippen molar-refractivity contribution >= 4 is 40.9 Å². The number of anilines is 1. The minimum Gasteiger partial charge on any atom is -0.508 e. The van der Waals surface area contributed by atoms with Crippen LogP contribution in [0.15, 0.2) is 48.5 Å². The fourth-order valence-corrected chi connectivity index (χ4v) is 1.95. The Hall–Kier alpha value is -1.97. The molecular formula is C15H11Cl2NO2. The second-order valence-electron chi connectivity index (χ2n) is 4.02. The number of carbonyl (C=O) groups is 1. The van der Waals surface area contributed by atoms with Crippen LogP contribution in [-0.4, -0.2) is 11.0 Å². The highest BCUT2D eigenvalue weighted by Crippen LogP contribution is 2.26. The molecule has 2 rings (SSSR count). The number of carbonyl (C=O) groups excluding carboxylic acids is 1. The van der Waals surface area contributed by atoms with Gasteiger partial charge in [-0.2, -0.15) is 0 Å². The minimum absolute atomic E-state index is 0.0877. The molecule has 0 aromatic heterocycles. The van der Waals surface area contributed by atoms with E-state index in [0.717, 1.165) is 0 Å². The summed E-state index contributed by atoms with van der Waals surface area (Å²) in [5.74, 6) is -0.240. The average molecular weight is 308 g/mol. The van der Waals surface area contributed by atoms with Gasteiger partial charge in [-0.25, -0.2) is 0 Å². The molecule has 0 aliphatic heterocycles. The van der Waals surface area contributed by atoms with Crippen LogP contribution in [0.4, 0.5) is 5.69 Å². The molecule has 102 valence electrons. The van der Waals surface area contributed by atoms with Crippen LogP contribution in [0.3, 0.4) is 0 Å². The summed E-state index contributed by atoms with van der Waals surface area (Å²) in [5, 5.41) is 12.8. The largest absolute Gasteiger partial charge is 0.508 e. The number of aromatic hydroxyl groups is 1. The summed E-state index contributed by atoms with van der Waals surface area (Å²) >= 11 is 11.9. The number of amides is 1. The average Bonchev–Trinajstić information content (AvgIpc) is 2.40. The molecular weight excluding hydrogens is 297 g/mol. The van der Waals surface area contributed by atoms with E-state index in [1.165, 1.54) is 18.2 Å². The zero-order valence-corrected chi connectivity index (χ0v) is 11.8. The summed E-state index contributed by atoms with van der Waals surface area (Å²) in [5.41, 5.74) is 1.17. The number of nitrogens with one attached hydrogen (secondary N) is 1. The zero-order valence-electron chi connectivity index (χ0n) is 10.3. The van der Waals surface area contributed by atoms with Gasteiger partial charge in [0.15, 0.2) is 0 Å². The van der Waals surface area contributed by atoms with Crippen molar-refractivity contribution in [1.82, 2.24) is 0 Å². The van der Waals surface area contributed by atoms with E-state index >= 15 is 0 Å². The Bertz CT molecular complexity index is 669. The van der Waals surface area contributed by atoms with E-state index in [1.807, 2.05) is 0 Å². The van der Waals surface area contributed by atoms with Gasteiger partial charge in [0, 0.05) is 17.8 Å². The molecule has 0 saturated carbocycles. The van der Waals surface area contributed by atoms with Gasteiger partial charge in [0.1, 0.15) is 5.75 Å². The van der Waals surface area contributed by atoms with Crippen molar-refractivity contribution in [3.8, 4) is 5.75 Å². The van der Waals surface area contributed by atoms with E-state index in [-0.39, 0.29) is 11.7 Å². The lowest BCUT2D eigenvalue weighted by Gasteiger charge is -2.03. The maximum absolute atomic E-state index is 11.7. The number of halogens is 2. The molecule has 5 heteroatoms. The number of benzene rings is 2. The molecule has 0 unspecified atom stereocenters. The first-order valence-corrected chi connectivity index (χ1v) is 6.54. The number of phenolic OH excluding ortho intramolecular Hbond substituents is 1. The summed E-state index contributed by atoms with van der Waals surface area (Å²) in [6, 6.07) is 11.5. The van der Waals surface area contributed by atoms with Crippen molar-refractivity contribution in [3.05, 3.63) is 64.1 Å². The summed E-state index contributed by atoms with van der Waals surface area (Å²) in [6.07, 6.45) is 2.92. The SMILES string of the molecule is O=C(/C=C/c1cccc(Cl)c1Cl)Nc1cccc(O)c1. The lowest BCUT2D eigenvalue weighted by Crippen LogP contribution is -2.07. The van der Waals surface area contributed by atoms with Gasteiger partial charge in [0.2, 0.25) is 5.91 Å². The van der Waals surface area contributed by atoms with Gasteiger partial charge in [-0.05, 0) is 29.8 Å². The normalized spacial score (nSPS) is 10.7. The summed E-state index contributed by atoms with van der Waals surface area (Å²) < 4.78 is 0. The van der Waals surface area contributed by atoms with E-state index < -0.39 is 0 Å². The topological polar surface area (TPSA) is 49.3 Å². The Morgan fingerprint density at radius 2 is 1.90 bits per heavy atom. The predicted octanol–water partition coefficient (Wildman–Crippen LogP) is 4.35. The Balaban J connectivity index is 2.08. The van der Waals surface area contributed by atoms with Crippen LogP contribution in [-0.2, 0) is 4.79 Å². The molecule has 0 fully saturated rings. The first-order valence-electron chi connectivity index (χ1n) is 5.78. The van der Waals surface area contributed by atoms with Gasteiger partial charge in [0.25, 0.3) is 0 Å². The van der Waals surface area contributed by atoms with E-state index in [2.05, 4.69) is 5.32 Å². The molecule has 0 radical (unpaired) electrons.